The number of hydrogen-bond acceptors (Lipinski definition) is 4. The maximum atomic E-state index is 11.7. The van der Waals surface area contributed by atoms with Gasteiger partial charge in [0, 0.05) is 19.0 Å². The van der Waals surface area contributed by atoms with Crippen molar-refractivity contribution in [2.24, 2.45) is 5.92 Å². The van der Waals surface area contributed by atoms with Gasteiger partial charge in [0.05, 0.1) is 11.9 Å². The van der Waals surface area contributed by atoms with Gasteiger partial charge in [-0.25, -0.2) is 4.98 Å². The molecule has 5 heteroatoms. The highest BCUT2D eigenvalue weighted by Gasteiger charge is 2.12. The Morgan fingerprint density at radius 2 is 2.06 bits per heavy atom. The minimum atomic E-state index is 0.125. The highest BCUT2D eigenvalue weighted by atomic mass is 16.1. The number of hydrogen-bond donors (Lipinski definition) is 3. The van der Waals surface area contributed by atoms with E-state index in [0.717, 1.165) is 18.7 Å². The normalized spacial score (nSPS) is 10.4. The Bertz CT molecular complexity index is 360. The molecule has 0 unspecified atom stereocenters. The summed E-state index contributed by atoms with van der Waals surface area (Å²) < 4.78 is 0. The lowest BCUT2D eigenvalue weighted by molar-refractivity contribution is -0.125. The molecule has 0 spiro atoms. The molecule has 0 atom stereocenters. The monoisotopic (exact) mass is 250 g/mol. The fourth-order valence-electron chi connectivity index (χ4n) is 1.69. The van der Waals surface area contributed by atoms with Crippen LogP contribution >= 0.6 is 0 Å². The van der Waals surface area contributed by atoms with Crippen molar-refractivity contribution in [3.63, 3.8) is 0 Å². The maximum Gasteiger partial charge on any atom is 0.223 e. The number of anilines is 2. The summed E-state index contributed by atoms with van der Waals surface area (Å²) >= 11 is 0. The molecular formula is C13H22N4O. The first-order valence-electron chi connectivity index (χ1n) is 6.40. The average molecular weight is 250 g/mol. The molecule has 0 bridgehead atoms. The summed E-state index contributed by atoms with van der Waals surface area (Å²) in [4.78, 5) is 15.8. The van der Waals surface area contributed by atoms with Crippen LogP contribution in [-0.2, 0) is 4.79 Å². The van der Waals surface area contributed by atoms with Gasteiger partial charge in [0.1, 0.15) is 5.82 Å². The molecule has 1 heterocycles. The van der Waals surface area contributed by atoms with Crippen molar-refractivity contribution >= 4 is 17.4 Å². The molecule has 0 saturated carbocycles. The molecule has 5 nitrogen and oxygen atoms in total. The predicted octanol–water partition coefficient (Wildman–Crippen LogP) is 1.63. The third-order valence-electron chi connectivity index (χ3n) is 2.87. The zero-order valence-corrected chi connectivity index (χ0v) is 11.1. The fraction of sp³-hybridized carbons (Fsp3) is 0.538. The molecule has 0 aliphatic rings. The summed E-state index contributed by atoms with van der Waals surface area (Å²) in [6, 6.07) is 3.61. The van der Waals surface area contributed by atoms with Crippen LogP contribution in [0.4, 0.5) is 11.5 Å². The summed E-state index contributed by atoms with van der Waals surface area (Å²) in [6.07, 6.45) is 3.37. The number of nitrogens with zero attached hydrogens (tertiary/aromatic N) is 1. The van der Waals surface area contributed by atoms with Crippen LogP contribution in [0.25, 0.3) is 0 Å². The first-order valence-corrected chi connectivity index (χ1v) is 6.40. The Hall–Kier alpha value is -1.78. The van der Waals surface area contributed by atoms with Crippen molar-refractivity contribution in [1.29, 1.82) is 0 Å². The van der Waals surface area contributed by atoms with Crippen LogP contribution in [0.15, 0.2) is 18.3 Å². The molecule has 0 saturated heterocycles. The number of nitrogens with two attached hydrogens (primary N) is 1. The Labute approximate surface area is 108 Å². The Kier molecular flexibility index (Phi) is 5.97. The molecule has 18 heavy (non-hydrogen) atoms. The number of aromatic nitrogens is 1. The number of nitrogen functional groups attached to an aromatic ring is 1. The number of carbonyl (C=O) groups excluding carboxylic acids is 1. The molecule has 0 aliphatic heterocycles. The highest BCUT2D eigenvalue weighted by molar-refractivity contribution is 5.78. The molecule has 0 aliphatic carbocycles. The lowest BCUT2D eigenvalue weighted by Crippen LogP contribution is -2.33. The summed E-state index contributed by atoms with van der Waals surface area (Å²) in [5, 5.41) is 6.03. The summed E-state index contributed by atoms with van der Waals surface area (Å²) in [7, 11) is 0. The molecule has 4 N–H and O–H groups in total. The second kappa shape index (κ2) is 7.53. The van der Waals surface area contributed by atoms with Gasteiger partial charge in [0.2, 0.25) is 5.91 Å². The maximum absolute atomic E-state index is 11.7. The Morgan fingerprint density at radius 1 is 1.33 bits per heavy atom. The van der Waals surface area contributed by atoms with Gasteiger partial charge in [0.25, 0.3) is 0 Å². The molecule has 0 fully saturated rings. The highest BCUT2D eigenvalue weighted by Crippen LogP contribution is 2.07. The zero-order chi connectivity index (χ0) is 13.4. The third-order valence-corrected chi connectivity index (χ3v) is 2.87. The van der Waals surface area contributed by atoms with Crippen molar-refractivity contribution in [2.75, 3.05) is 24.1 Å². The van der Waals surface area contributed by atoms with E-state index in [2.05, 4.69) is 15.6 Å². The lowest BCUT2D eigenvalue weighted by Gasteiger charge is -2.13. The van der Waals surface area contributed by atoms with Crippen molar-refractivity contribution in [2.45, 2.75) is 26.7 Å². The van der Waals surface area contributed by atoms with E-state index in [4.69, 9.17) is 5.73 Å². The van der Waals surface area contributed by atoms with Crippen molar-refractivity contribution in [3.05, 3.63) is 18.3 Å². The molecular weight excluding hydrogens is 228 g/mol. The van der Waals surface area contributed by atoms with Gasteiger partial charge in [-0.15, -0.1) is 0 Å². The van der Waals surface area contributed by atoms with Crippen LogP contribution in [0, 0.1) is 5.92 Å². The number of nitrogens with one attached hydrogen (secondary N) is 2. The van der Waals surface area contributed by atoms with Gasteiger partial charge in [-0.2, -0.15) is 0 Å². The van der Waals surface area contributed by atoms with E-state index in [9.17, 15) is 4.79 Å². The van der Waals surface area contributed by atoms with E-state index < -0.39 is 0 Å². The minimum Gasteiger partial charge on any atom is -0.397 e. The number of rotatable bonds is 7. The smallest absolute Gasteiger partial charge is 0.223 e. The van der Waals surface area contributed by atoms with E-state index in [-0.39, 0.29) is 11.8 Å². The van der Waals surface area contributed by atoms with Crippen molar-refractivity contribution < 1.29 is 4.79 Å². The van der Waals surface area contributed by atoms with E-state index >= 15 is 0 Å². The zero-order valence-electron chi connectivity index (χ0n) is 11.1. The first kappa shape index (κ1) is 14.3. The summed E-state index contributed by atoms with van der Waals surface area (Å²) in [5.41, 5.74) is 6.18. The van der Waals surface area contributed by atoms with Crippen LogP contribution < -0.4 is 16.4 Å². The largest absolute Gasteiger partial charge is 0.397 e. The van der Waals surface area contributed by atoms with Crippen LogP contribution in [0.3, 0.4) is 0 Å². The topological polar surface area (TPSA) is 80.0 Å². The Morgan fingerprint density at radius 3 is 2.61 bits per heavy atom. The van der Waals surface area contributed by atoms with Gasteiger partial charge < -0.3 is 16.4 Å². The van der Waals surface area contributed by atoms with Crippen LogP contribution in [0.5, 0.6) is 0 Å². The average Bonchev–Trinajstić information content (AvgIpc) is 2.38. The fourth-order valence-corrected chi connectivity index (χ4v) is 1.69. The van der Waals surface area contributed by atoms with E-state index in [1.807, 2.05) is 19.9 Å². The summed E-state index contributed by atoms with van der Waals surface area (Å²) in [6.45, 7) is 5.32. The van der Waals surface area contributed by atoms with E-state index in [0.29, 0.717) is 18.8 Å². The van der Waals surface area contributed by atoms with Crippen molar-refractivity contribution in [3.8, 4) is 0 Å². The molecule has 0 radical (unpaired) electrons. The molecule has 1 rings (SSSR count). The number of amides is 1. The molecule has 1 aromatic heterocycles. The molecule has 0 aromatic carbocycles. The number of carbonyl (C=O) groups is 1. The van der Waals surface area contributed by atoms with E-state index in [1.165, 1.54) is 0 Å². The van der Waals surface area contributed by atoms with Crippen LogP contribution in [0.1, 0.15) is 26.7 Å². The van der Waals surface area contributed by atoms with E-state index in [1.54, 1.807) is 12.3 Å². The second-order valence-corrected chi connectivity index (χ2v) is 4.21. The molecule has 100 valence electrons. The van der Waals surface area contributed by atoms with Gasteiger partial charge >= 0.3 is 0 Å². The lowest BCUT2D eigenvalue weighted by atomic mass is 10.0. The second-order valence-electron chi connectivity index (χ2n) is 4.21. The number of pyridine rings is 1. The van der Waals surface area contributed by atoms with Gasteiger partial charge in [-0.1, -0.05) is 13.8 Å². The van der Waals surface area contributed by atoms with Crippen LogP contribution in [0.2, 0.25) is 0 Å². The first-order chi connectivity index (χ1) is 8.67. The summed E-state index contributed by atoms with van der Waals surface area (Å²) in [5.74, 6) is 1.02. The van der Waals surface area contributed by atoms with Crippen LogP contribution in [-0.4, -0.2) is 24.0 Å². The van der Waals surface area contributed by atoms with Gasteiger partial charge in [-0.3, -0.25) is 4.79 Å². The quantitative estimate of drug-likeness (QED) is 0.642. The molecule has 1 amide bonds. The van der Waals surface area contributed by atoms with Gasteiger partial charge in [-0.05, 0) is 25.0 Å². The predicted molar refractivity (Wildman–Crippen MR) is 74.2 cm³/mol. The minimum absolute atomic E-state index is 0.125. The SMILES string of the molecule is CCC(CC)C(=O)NCCNc1ccc(N)cn1. The molecule has 1 aromatic rings. The van der Waals surface area contributed by atoms with Gasteiger partial charge in [0.15, 0.2) is 0 Å². The Balaban J connectivity index is 2.22. The third kappa shape index (κ3) is 4.61. The van der Waals surface area contributed by atoms with Crippen molar-refractivity contribution in [1.82, 2.24) is 10.3 Å². The standard InChI is InChI=1S/C13H22N4O/c1-3-10(4-2)13(18)16-8-7-15-12-6-5-11(14)9-17-12/h5-6,9-10H,3-4,7-8,14H2,1-2H3,(H,15,17)(H,16,18).